The molecule has 112 valence electrons. The highest BCUT2D eigenvalue weighted by Gasteiger charge is 2.45. The van der Waals surface area contributed by atoms with Crippen LogP contribution in [0.1, 0.15) is 47.0 Å². The van der Waals surface area contributed by atoms with Gasteiger partial charge in [-0.1, -0.05) is 0 Å². The van der Waals surface area contributed by atoms with Crippen LogP contribution in [0.25, 0.3) is 0 Å². The average molecular weight is 272 g/mol. The van der Waals surface area contributed by atoms with Gasteiger partial charge < -0.3 is 20.0 Å². The predicted molar refractivity (Wildman–Crippen MR) is 75.0 cm³/mol. The number of amides is 2. The number of carbonyl (C=O) groups is 1. The van der Waals surface area contributed by atoms with E-state index in [1.165, 1.54) is 4.90 Å². The number of piperidine rings is 1. The quantitative estimate of drug-likeness (QED) is 0.814. The van der Waals surface area contributed by atoms with Gasteiger partial charge in [0.15, 0.2) is 0 Å². The van der Waals surface area contributed by atoms with Crippen LogP contribution in [0.15, 0.2) is 0 Å². The molecule has 0 aromatic carbocycles. The first-order valence-corrected chi connectivity index (χ1v) is 7.07. The fourth-order valence-electron chi connectivity index (χ4n) is 3.20. The first-order valence-electron chi connectivity index (χ1n) is 7.07. The number of rotatable bonds is 4. The lowest BCUT2D eigenvalue weighted by Crippen LogP contribution is -2.64. The van der Waals surface area contributed by atoms with Crippen molar-refractivity contribution in [1.82, 2.24) is 9.80 Å². The van der Waals surface area contributed by atoms with Gasteiger partial charge in [0.1, 0.15) is 0 Å². The van der Waals surface area contributed by atoms with Crippen molar-refractivity contribution in [2.75, 3.05) is 26.3 Å². The zero-order chi connectivity index (χ0) is 14.7. The van der Waals surface area contributed by atoms with Crippen LogP contribution in [0.4, 0.5) is 4.79 Å². The molecule has 1 aliphatic rings. The second-order valence-electron chi connectivity index (χ2n) is 6.53. The van der Waals surface area contributed by atoms with Crippen LogP contribution in [0.3, 0.4) is 0 Å². The first-order chi connectivity index (χ1) is 8.76. The van der Waals surface area contributed by atoms with E-state index in [2.05, 4.69) is 27.7 Å². The Morgan fingerprint density at radius 3 is 1.84 bits per heavy atom. The second-order valence-corrected chi connectivity index (χ2v) is 6.53. The van der Waals surface area contributed by atoms with Crippen molar-refractivity contribution in [3.8, 4) is 0 Å². The molecule has 0 saturated carbocycles. The molecular weight excluding hydrogens is 244 g/mol. The Bertz CT molecular complexity index is 294. The molecule has 0 spiro atoms. The van der Waals surface area contributed by atoms with E-state index in [4.69, 9.17) is 10.2 Å². The molecular formula is C14H28N2O3. The van der Waals surface area contributed by atoms with Crippen LogP contribution in [-0.2, 0) is 0 Å². The van der Waals surface area contributed by atoms with E-state index < -0.39 is 0 Å². The maximum absolute atomic E-state index is 12.7. The largest absolute Gasteiger partial charge is 0.395 e. The molecule has 5 nitrogen and oxygen atoms in total. The standard InChI is InChI=1S/C14H28N2O3/c1-13(2)6-5-7-14(3,4)16(13)12(19)15(8-10-17)9-11-18/h17-18H,5-11H2,1-4H3. The van der Waals surface area contributed by atoms with E-state index in [1.807, 2.05) is 4.90 Å². The monoisotopic (exact) mass is 272 g/mol. The minimum absolute atomic E-state index is 0.0829. The predicted octanol–water partition coefficient (Wildman–Crippen LogP) is 1.44. The molecule has 1 saturated heterocycles. The van der Waals surface area contributed by atoms with Crippen LogP contribution in [0, 0.1) is 0 Å². The minimum Gasteiger partial charge on any atom is -0.395 e. The normalized spacial score (nSPS) is 21.3. The van der Waals surface area contributed by atoms with Gasteiger partial charge in [0.25, 0.3) is 0 Å². The number of likely N-dealkylation sites (tertiary alicyclic amines) is 1. The lowest BCUT2D eigenvalue weighted by Gasteiger charge is -2.54. The summed E-state index contributed by atoms with van der Waals surface area (Å²) in [7, 11) is 0. The number of nitrogens with zero attached hydrogens (tertiary/aromatic N) is 2. The molecule has 0 unspecified atom stereocenters. The summed E-state index contributed by atoms with van der Waals surface area (Å²) in [5.41, 5.74) is -0.385. The Balaban J connectivity index is 2.97. The van der Waals surface area contributed by atoms with Crippen LogP contribution in [0.5, 0.6) is 0 Å². The van der Waals surface area contributed by atoms with E-state index in [9.17, 15) is 4.79 Å². The first kappa shape index (κ1) is 16.2. The molecule has 1 heterocycles. The Morgan fingerprint density at radius 1 is 1.05 bits per heavy atom. The van der Waals surface area contributed by atoms with Crippen LogP contribution in [-0.4, -0.2) is 63.4 Å². The molecule has 0 aromatic heterocycles. The van der Waals surface area contributed by atoms with E-state index in [0.29, 0.717) is 0 Å². The maximum Gasteiger partial charge on any atom is 0.321 e. The third kappa shape index (κ3) is 3.60. The van der Waals surface area contributed by atoms with Crippen molar-refractivity contribution in [1.29, 1.82) is 0 Å². The van der Waals surface area contributed by atoms with Gasteiger partial charge in [-0.2, -0.15) is 0 Å². The molecule has 0 aromatic rings. The van der Waals surface area contributed by atoms with Crippen LogP contribution < -0.4 is 0 Å². The summed E-state index contributed by atoms with van der Waals surface area (Å²) in [6, 6.07) is -0.0854. The summed E-state index contributed by atoms with van der Waals surface area (Å²) in [6.07, 6.45) is 3.08. The topological polar surface area (TPSA) is 64.0 Å². The van der Waals surface area contributed by atoms with Crippen molar-refractivity contribution in [2.45, 2.75) is 58.0 Å². The number of hydrogen-bond acceptors (Lipinski definition) is 3. The average Bonchev–Trinajstić information content (AvgIpc) is 2.26. The van der Waals surface area contributed by atoms with Crippen LogP contribution >= 0.6 is 0 Å². The molecule has 0 radical (unpaired) electrons. The molecule has 19 heavy (non-hydrogen) atoms. The Morgan fingerprint density at radius 2 is 1.47 bits per heavy atom. The van der Waals surface area contributed by atoms with E-state index in [0.717, 1.165) is 19.3 Å². The number of urea groups is 1. The van der Waals surface area contributed by atoms with E-state index in [-0.39, 0.29) is 43.4 Å². The maximum atomic E-state index is 12.7. The highest BCUT2D eigenvalue weighted by molar-refractivity contribution is 5.76. The van der Waals surface area contributed by atoms with Gasteiger partial charge in [-0.3, -0.25) is 0 Å². The van der Waals surface area contributed by atoms with Gasteiger partial charge in [-0.05, 0) is 47.0 Å². The smallest absolute Gasteiger partial charge is 0.321 e. The molecule has 1 fully saturated rings. The van der Waals surface area contributed by atoms with Gasteiger partial charge in [0.05, 0.1) is 13.2 Å². The SMILES string of the molecule is CC1(C)CCCC(C)(C)N1C(=O)N(CCO)CCO. The molecule has 1 aliphatic heterocycles. The Labute approximate surface area is 116 Å². The summed E-state index contributed by atoms with van der Waals surface area (Å²) in [5.74, 6) is 0. The molecule has 0 atom stereocenters. The summed E-state index contributed by atoms with van der Waals surface area (Å²) < 4.78 is 0. The number of aliphatic hydroxyl groups excluding tert-OH is 2. The molecule has 0 aliphatic carbocycles. The fourth-order valence-corrected chi connectivity index (χ4v) is 3.20. The highest BCUT2D eigenvalue weighted by Crippen LogP contribution is 2.38. The number of hydrogen-bond donors (Lipinski definition) is 2. The van der Waals surface area contributed by atoms with Gasteiger partial charge in [-0.15, -0.1) is 0 Å². The fraction of sp³-hybridized carbons (Fsp3) is 0.929. The van der Waals surface area contributed by atoms with E-state index in [1.54, 1.807) is 0 Å². The molecule has 2 N–H and O–H groups in total. The third-order valence-electron chi connectivity index (χ3n) is 3.99. The minimum atomic E-state index is -0.192. The van der Waals surface area contributed by atoms with Crippen molar-refractivity contribution >= 4 is 6.03 Å². The Kier molecular flexibility index (Phi) is 5.21. The zero-order valence-electron chi connectivity index (χ0n) is 12.6. The summed E-state index contributed by atoms with van der Waals surface area (Å²) in [4.78, 5) is 16.2. The second kappa shape index (κ2) is 6.09. The van der Waals surface area contributed by atoms with Gasteiger partial charge in [0.2, 0.25) is 0 Å². The van der Waals surface area contributed by atoms with Crippen molar-refractivity contribution in [3.63, 3.8) is 0 Å². The van der Waals surface area contributed by atoms with E-state index >= 15 is 0 Å². The highest BCUT2D eigenvalue weighted by atomic mass is 16.3. The lowest BCUT2D eigenvalue weighted by atomic mass is 9.80. The van der Waals surface area contributed by atoms with Crippen LogP contribution in [0.2, 0.25) is 0 Å². The lowest BCUT2D eigenvalue weighted by molar-refractivity contribution is -0.00670. The number of carbonyl (C=O) groups excluding carboxylic acids is 1. The van der Waals surface area contributed by atoms with Crippen molar-refractivity contribution < 1.29 is 15.0 Å². The van der Waals surface area contributed by atoms with Crippen molar-refractivity contribution in [3.05, 3.63) is 0 Å². The van der Waals surface area contributed by atoms with Crippen molar-refractivity contribution in [2.24, 2.45) is 0 Å². The van der Waals surface area contributed by atoms with Gasteiger partial charge in [0, 0.05) is 24.2 Å². The molecule has 2 amide bonds. The molecule has 5 heteroatoms. The third-order valence-corrected chi connectivity index (χ3v) is 3.99. The Hall–Kier alpha value is -0.810. The summed E-state index contributed by atoms with van der Waals surface area (Å²) in [5, 5.41) is 18.2. The summed E-state index contributed by atoms with van der Waals surface area (Å²) in [6.45, 7) is 8.71. The summed E-state index contributed by atoms with van der Waals surface area (Å²) >= 11 is 0. The van der Waals surface area contributed by atoms with Gasteiger partial charge in [-0.25, -0.2) is 4.79 Å². The molecule has 1 rings (SSSR count). The zero-order valence-corrected chi connectivity index (χ0v) is 12.6. The molecule has 0 bridgehead atoms. The number of aliphatic hydroxyl groups is 2. The van der Waals surface area contributed by atoms with Gasteiger partial charge >= 0.3 is 6.03 Å².